The van der Waals surface area contributed by atoms with Gasteiger partial charge in [0, 0.05) is 30.2 Å². The van der Waals surface area contributed by atoms with Crippen LogP contribution >= 0.6 is 0 Å². The van der Waals surface area contributed by atoms with Gasteiger partial charge in [0.05, 0.1) is 0 Å². The second-order valence-corrected chi connectivity index (χ2v) is 7.95. The zero-order valence-electron chi connectivity index (χ0n) is 15.4. The quantitative estimate of drug-likeness (QED) is 0.635. The molecular weight excluding hydrogens is 336 g/mol. The standard InChI is InChI=1S/C23H24N2O2/c26-21(23-13-18-5-1-2-6-22(18)27-23)14-19-17-7-10-25(11-8-17)20(19)12-16-4-3-9-24-15-16/h1-6,9,13,15,17,19-20H,7-8,10-12,14H2/t19-,20-/m0/s1. The first-order valence-corrected chi connectivity index (χ1v) is 9.92. The molecule has 6 rings (SSSR count). The lowest BCUT2D eigenvalue weighted by atomic mass is 9.70. The summed E-state index contributed by atoms with van der Waals surface area (Å²) in [6.45, 7) is 2.32. The van der Waals surface area contributed by atoms with Crippen molar-refractivity contribution in [3.05, 3.63) is 66.2 Å². The van der Waals surface area contributed by atoms with E-state index in [1.54, 1.807) is 0 Å². The zero-order chi connectivity index (χ0) is 18.2. The van der Waals surface area contributed by atoms with Gasteiger partial charge in [0.25, 0.3) is 0 Å². The van der Waals surface area contributed by atoms with E-state index in [9.17, 15) is 4.79 Å². The molecule has 1 aromatic carbocycles. The van der Waals surface area contributed by atoms with Crippen LogP contribution in [0.15, 0.2) is 59.3 Å². The third-order valence-electron chi connectivity index (χ3n) is 6.43. The number of piperidine rings is 3. The maximum Gasteiger partial charge on any atom is 0.198 e. The number of hydrogen-bond acceptors (Lipinski definition) is 4. The summed E-state index contributed by atoms with van der Waals surface area (Å²) in [7, 11) is 0. The van der Waals surface area contributed by atoms with E-state index in [0.717, 1.165) is 30.5 Å². The van der Waals surface area contributed by atoms with Crippen LogP contribution in [0.2, 0.25) is 0 Å². The third kappa shape index (κ3) is 3.19. The Kier molecular flexibility index (Phi) is 4.29. The van der Waals surface area contributed by atoms with Gasteiger partial charge in [-0.2, -0.15) is 0 Å². The lowest BCUT2D eigenvalue weighted by Crippen LogP contribution is -2.56. The summed E-state index contributed by atoms with van der Waals surface area (Å²) in [6, 6.07) is 14.3. The Balaban J connectivity index is 1.38. The number of ketones is 1. The molecule has 4 heteroatoms. The highest BCUT2D eigenvalue weighted by molar-refractivity contribution is 5.97. The van der Waals surface area contributed by atoms with Crippen molar-refractivity contribution in [3.8, 4) is 0 Å². The molecule has 0 unspecified atom stereocenters. The third-order valence-corrected chi connectivity index (χ3v) is 6.43. The van der Waals surface area contributed by atoms with Crippen molar-refractivity contribution in [1.29, 1.82) is 0 Å². The molecule has 0 radical (unpaired) electrons. The molecule has 0 saturated carbocycles. The van der Waals surface area contributed by atoms with Crippen LogP contribution in [0.3, 0.4) is 0 Å². The van der Waals surface area contributed by atoms with Gasteiger partial charge in [0.15, 0.2) is 11.5 Å². The van der Waals surface area contributed by atoms with Crippen LogP contribution in [0.1, 0.15) is 35.4 Å². The van der Waals surface area contributed by atoms with Crippen LogP contribution in [-0.2, 0) is 6.42 Å². The van der Waals surface area contributed by atoms with Gasteiger partial charge in [0.2, 0.25) is 0 Å². The Morgan fingerprint density at radius 1 is 1.15 bits per heavy atom. The van der Waals surface area contributed by atoms with E-state index in [4.69, 9.17) is 4.42 Å². The van der Waals surface area contributed by atoms with Crippen LogP contribution in [0.4, 0.5) is 0 Å². The molecular formula is C23H24N2O2. The van der Waals surface area contributed by atoms with Crippen LogP contribution < -0.4 is 0 Å². The Hall–Kier alpha value is -2.46. The molecule has 138 valence electrons. The van der Waals surface area contributed by atoms with Crippen molar-refractivity contribution in [2.75, 3.05) is 13.1 Å². The summed E-state index contributed by atoms with van der Waals surface area (Å²) in [5.41, 5.74) is 2.05. The normalized spacial score (nSPS) is 27.1. The first-order valence-electron chi connectivity index (χ1n) is 9.92. The maximum atomic E-state index is 13.0. The van der Waals surface area contributed by atoms with Gasteiger partial charge >= 0.3 is 0 Å². The summed E-state index contributed by atoms with van der Waals surface area (Å²) in [5, 5.41) is 1.00. The lowest BCUT2D eigenvalue weighted by molar-refractivity contribution is -0.0115. The number of aromatic nitrogens is 1. The molecule has 3 fully saturated rings. The highest BCUT2D eigenvalue weighted by Gasteiger charge is 2.43. The smallest absolute Gasteiger partial charge is 0.198 e. The molecule has 2 aromatic heterocycles. The minimum atomic E-state index is 0.140. The number of benzene rings is 1. The molecule has 0 spiro atoms. The van der Waals surface area contributed by atoms with Gasteiger partial charge in [-0.1, -0.05) is 24.3 Å². The van der Waals surface area contributed by atoms with Crippen molar-refractivity contribution < 1.29 is 9.21 Å². The van der Waals surface area contributed by atoms with E-state index in [1.165, 1.54) is 18.4 Å². The van der Waals surface area contributed by atoms with E-state index in [1.807, 2.05) is 48.8 Å². The van der Waals surface area contributed by atoms with Crippen LogP contribution in [0.25, 0.3) is 11.0 Å². The number of hydrogen-bond donors (Lipinski definition) is 0. The van der Waals surface area contributed by atoms with E-state index < -0.39 is 0 Å². The Morgan fingerprint density at radius 3 is 2.78 bits per heavy atom. The fourth-order valence-corrected chi connectivity index (χ4v) is 5.04. The average Bonchev–Trinajstić information content (AvgIpc) is 3.16. The molecule has 2 bridgehead atoms. The van der Waals surface area contributed by atoms with Crippen molar-refractivity contribution in [3.63, 3.8) is 0 Å². The Labute approximate surface area is 159 Å². The van der Waals surface area contributed by atoms with Gasteiger partial charge in [-0.3, -0.25) is 14.7 Å². The van der Waals surface area contributed by atoms with Gasteiger partial charge in [-0.05, 0) is 68.0 Å². The highest BCUT2D eigenvalue weighted by Crippen LogP contribution is 2.41. The monoisotopic (exact) mass is 360 g/mol. The highest BCUT2D eigenvalue weighted by atomic mass is 16.3. The summed E-state index contributed by atoms with van der Waals surface area (Å²) in [4.78, 5) is 19.9. The number of rotatable bonds is 5. The lowest BCUT2D eigenvalue weighted by Gasteiger charge is -2.51. The van der Waals surface area contributed by atoms with Gasteiger partial charge < -0.3 is 4.42 Å². The summed E-state index contributed by atoms with van der Waals surface area (Å²) in [6.07, 6.45) is 7.75. The molecule has 3 aliphatic rings. The van der Waals surface area contributed by atoms with Crippen molar-refractivity contribution in [2.24, 2.45) is 11.8 Å². The minimum Gasteiger partial charge on any atom is -0.453 e. The molecule has 3 aromatic rings. The average molecular weight is 360 g/mol. The first kappa shape index (κ1) is 16.7. The van der Waals surface area contributed by atoms with Crippen LogP contribution in [-0.4, -0.2) is 34.8 Å². The van der Waals surface area contributed by atoms with Crippen molar-refractivity contribution >= 4 is 16.8 Å². The van der Waals surface area contributed by atoms with E-state index in [2.05, 4.69) is 16.0 Å². The molecule has 0 N–H and O–H groups in total. The van der Waals surface area contributed by atoms with E-state index in [0.29, 0.717) is 30.1 Å². The van der Waals surface area contributed by atoms with Crippen molar-refractivity contribution in [2.45, 2.75) is 31.7 Å². The number of pyridine rings is 1. The number of para-hydroxylation sites is 1. The van der Waals surface area contributed by atoms with E-state index in [-0.39, 0.29) is 5.78 Å². The topological polar surface area (TPSA) is 46.3 Å². The second kappa shape index (κ2) is 6.93. The van der Waals surface area contributed by atoms with E-state index >= 15 is 0 Å². The molecule has 3 aliphatic heterocycles. The Bertz CT molecular complexity index is 908. The predicted octanol–water partition coefficient (Wildman–Crippen LogP) is 4.35. The number of Topliss-reactive ketones (excluding diaryl/α,β-unsaturated/α-hetero) is 1. The zero-order valence-corrected chi connectivity index (χ0v) is 15.4. The summed E-state index contributed by atoms with van der Waals surface area (Å²) < 4.78 is 5.83. The minimum absolute atomic E-state index is 0.140. The van der Waals surface area contributed by atoms with Crippen molar-refractivity contribution in [1.82, 2.24) is 9.88 Å². The fraction of sp³-hybridized carbons (Fsp3) is 0.391. The molecule has 0 aliphatic carbocycles. The number of fused-ring (bicyclic) bond motifs is 4. The summed E-state index contributed by atoms with van der Waals surface area (Å²) in [5.74, 6) is 1.69. The number of nitrogens with zero attached hydrogens (tertiary/aromatic N) is 2. The van der Waals surface area contributed by atoms with Crippen LogP contribution in [0, 0.1) is 11.8 Å². The van der Waals surface area contributed by atoms with Gasteiger partial charge in [0.1, 0.15) is 5.58 Å². The number of carbonyl (C=O) groups excluding carboxylic acids is 1. The summed E-state index contributed by atoms with van der Waals surface area (Å²) >= 11 is 0. The first-order chi connectivity index (χ1) is 13.3. The number of furan rings is 1. The SMILES string of the molecule is O=C(C[C@H]1C2CCN(CC2)[C@H]1Cc1cccnc1)c1cc2ccccc2o1. The molecule has 3 saturated heterocycles. The second-order valence-electron chi connectivity index (χ2n) is 7.95. The predicted molar refractivity (Wildman–Crippen MR) is 105 cm³/mol. The molecule has 4 nitrogen and oxygen atoms in total. The molecule has 2 atom stereocenters. The van der Waals surface area contributed by atoms with Gasteiger partial charge in [-0.25, -0.2) is 0 Å². The molecule has 27 heavy (non-hydrogen) atoms. The number of carbonyl (C=O) groups is 1. The Morgan fingerprint density at radius 2 is 2.00 bits per heavy atom. The molecule has 0 amide bonds. The largest absolute Gasteiger partial charge is 0.453 e. The fourth-order valence-electron chi connectivity index (χ4n) is 5.04. The van der Waals surface area contributed by atoms with Crippen LogP contribution in [0.5, 0.6) is 0 Å². The maximum absolute atomic E-state index is 13.0. The molecule has 5 heterocycles. The van der Waals surface area contributed by atoms with Gasteiger partial charge in [-0.15, -0.1) is 0 Å².